The van der Waals surface area contributed by atoms with Crippen LogP contribution in [0, 0.1) is 11.8 Å². The van der Waals surface area contributed by atoms with Crippen molar-refractivity contribution in [2.24, 2.45) is 11.8 Å². The Morgan fingerprint density at radius 3 is 1.27 bits per heavy atom. The molecule has 1 amide bonds. The summed E-state index contributed by atoms with van der Waals surface area (Å²) < 4.78 is 11.8. The van der Waals surface area contributed by atoms with Gasteiger partial charge in [0.1, 0.15) is 13.2 Å². The zero-order valence-corrected chi connectivity index (χ0v) is 35.0. The Morgan fingerprint density at radius 2 is 0.865 bits per heavy atom. The highest BCUT2D eigenvalue weighted by Crippen LogP contribution is 2.22. The third kappa shape index (κ3) is 26.2. The van der Waals surface area contributed by atoms with Gasteiger partial charge in [0.05, 0.1) is 24.9 Å². The quantitative estimate of drug-likeness (QED) is 0.0471. The average Bonchev–Trinajstić information content (AvgIpc) is 3.15. The molecule has 0 aliphatic carbocycles. The van der Waals surface area contributed by atoms with Gasteiger partial charge < -0.3 is 19.3 Å². The Balaban J connectivity index is 2.76. The molecule has 0 aromatic heterocycles. The van der Waals surface area contributed by atoms with E-state index < -0.39 is 0 Å². The van der Waals surface area contributed by atoms with Crippen molar-refractivity contribution in [1.29, 1.82) is 0 Å². The van der Waals surface area contributed by atoms with Crippen LogP contribution in [0.4, 0.5) is 0 Å². The Bertz CT molecular complexity index is 796. The van der Waals surface area contributed by atoms with Gasteiger partial charge in [0.15, 0.2) is 0 Å². The lowest BCUT2D eigenvalue weighted by atomic mass is 9.94. The second-order valence-corrected chi connectivity index (χ2v) is 15.9. The summed E-state index contributed by atoms with van der Waals surface area (Å²) in [5.74, 6) is -0.253. The van der Waals surface area contributed by atoms with Crippen LogP contribution in [0.2, 0.25) is 0 Å². The van der Waals surface area contributed by atoms with Gasteiger partial charge >= 0.3 is 11.9 Å². The second-order valence-electron chi connectivity index (χ2n) is 15.9. The van der Waals surface area contributed by atoms with E-state index in [9.17, 15) is 14.4 Å². The first-order valence-corrected chi connectivity index (χ1v) is 22.8. The molecule has 1 rings (SSSR count). The Kier molecular flexibility index (Phi) is 32.7. The maximum Gasteiger partial charge on any atom is 0.308 e. The van der Waals surface area contributed by atoms with Crippen LogP contribution in [0.25, 0.3) is 0 Å². The molecule has 1 saturated heterocycles. The van der Waals surface area contributed by atoms with Crippen molar-refractivity contribution in [2.45, 2.75) is 214 Å². The number of hydrogen-bond donors (Lipinski definition) is 0. The van der Waals surface area contributed by atoms with Crippen molar-refractivity contribution in [3.05, 3.63) is 0 Å². The summed E-state index contributed by atoms with van der Waals surface area (Å²) in [5, 5.41) is 0. The molecule has 2 atom stereocenters. The maximum atomic E-state index is 13.5. The van der Waals surface area contributed by atoms with Gasteiger partial charge in [0.2, 0.25) is 5.91 Å². The molecule has 52 heavy (non-hydrogen) atoms. The number of likely N-dealkylation sites (tertiary alicyclic amines) is 1. The van der Waals surface area contributed by atoms with Gasteiger partial charge in [-0.1, -0.05) is 163 Å². The van der Waals surface area contributed by atoms with E-state index in [0.717, 1.165) is 90.3 Å². The molecule has 7 heteroatoms. The minimum Gasteiger partial charge on any atom is -0.464 e. The number of carbonyl (C=O) groups excluding carboxylic acids is 3. The predicted molar refractivity (Wildman–Crippen MR) is 219 cm³/mol. The SMILES string of the molecule is CCCCCCCCC(CCCCCC)C(=O)OCCN(CCOC(=O)C(CCCCCC)CCCCCCCC)C(=O)CCCN1CCCCC1. The van der Waals surface area contributed by atoms with Gasteiger partial charge in [-0.05, 0) is 64.6 Å². The number of nitrogens with zero attached hydrogens (tertiary/aromatic N) is 2. The number of ether oxygens (including phenoxy) is 2. The molecule has 0 N–H and O–H groups in total. The largest absolute Gasteiger partial charge is 0.464 e. The third-order valence-corrected chi connectivity index (χ3v) is 11.2. The Labute approximate surface area is 322 Å². The van der Waals surface area contributed by atoms with Crippen LogP contribution in [-0.2, 0) is 23.9 Å². The van der Waals surface area contributed by atoms with E-state index in [4.69, 9.17) is 9.47 Å². The monoisotopic (exact) mass is 735 g/mol. The Hall–Kier alpha value is -1.63. The normalized spacial score (nSPS) is 14.6. The van der Waals surface area contributed by atoms with Crippen LogP contribution in [0.1, 0.15) is 214 Å². The molecule has 0 aromatic rings. The van der Waals surface area contributed by atoms with Crippen molar-refractivity contribution in [2.75, 3.05) is 45.9 Å². The maximum absolute atomic E-state index is 13.5. The summed E-state index contributed by atoms with van der Waals surface area (Å²) in [6, 6.07) is 0. The molecule has 1 heterocycles. The molecule has 0 saturated carbocycles. The molecule has 0 radical (unpaired) electrons. The molecule has 0 bridgehead atoms. The van der Waals surface area contributed by atoms with E-state index in [-0.39, 0.29) is 42.9 Å². The second kappa shape index (κ2) is 35.1. The lowest BCUT2D eigenvalue weighted by Gasteiger charge is -2.27. The van der Waals surface area contributed by atoms with Gasteiger partial charge in [0.25, 0.3) is 0 Å². The third-order valence-electron chi connectivity index (χ3n) is 11.2. The Morgan fingerprint density at radius 1 is 0.500 bits per heavy atom. The summed E-state index contributed by atoms with van der Waals surface area (Å²) in [7, 11) is 0. The highest BCUT2D eigenvalue weighted by Gasteiger charge is 2.23. The molecule has 1 aliphatic rings. The van der Waals surface area contributed by atoms with E-state index in [1.165, 1.54) is 109 Å². The van der Waals surface area contributed by atoms with Crippen molar-refractivity contribution in [1.82, 2.24) is 9.80 Å². The first-order chi connectivity index (χ1) is 25.5. The lowest BCUT2D eigenvalue weighted by molar-refractivity contribution is -0.152. The smallest absolute Gasteiger partial charge is 0.308 e. The molecule has 0 spiro atoms. The van der Waals surface area contributed by atoms with Crippen LogP contribution in [0.5, 0.6) is 0 Å². The number of unbranched alkanes of at least 4 members (excludes halogenated alkanes) is 16. The van der Waals surface area contributed by atoms with Crippen molar-refractivity contribution in [3.8, 4) is 0 Å². The zero-order valence-electron chi connectivity index (χ0n) is 35.0. The minimum atomic E-state index is -0.102. The van der Waals surface area contributed by atoms with E-state index in [1.807, 2.05) is 0 Å². The number of esters is 2. The van der Waals surface area contributed by atoms with Crippen molar-refractivity contribution in [3.63, 3.8) is 0 Å². The summed E-state index contributed by atoms with van der Waals surface area (Å²) in [4.78, 5) is 44.5. The molecule has 2 unspecified atom stereocenters. The van der Waals surface area contributed by atoms with E-state index in [1.54, 1.807) is 4.90 Å². The molecule has 1 fully saturated rings. The molecular formula is C45H86N2O5. The number of piperidine rings is 1. The predicted octanol–water partition coefficient (Wildman–Crippen LogP) is 11.8. The van der Waals surface area contributed by atoms with E-state index >= 15 is 0 Å². The number of carbonyl (C=O) groups is 3. The fourth-order valence-corrected chi connectivity index (χ4v) is 7.64. The molecule has 1 aliphatic heterocycles. The average molecular weight is 735 g/mol. The van der Waals surface area contributed by atoms with Crippen LogP contribution in [0.15, 0.2) is 0 Å². The topological polar surface area (TPSA) is 76.1 Å². The minimum absolute atomic E-state index is 0.0569. The van der Waals surface area contributed by atoms with Crippen molar-refractivity contribution < 1.29 is 23.9 Å². The molecule has 7 nitrogen and oxygen atoms in total. The molecule has 0 aromatic carbocycles. The first-order valence-electron chi connectivity index (χ1n) is 22.8. The standard InChI is InChI=1S/C45H86N2O5/c1-5-9-13-17-19-24-31-41(29-22-15-11-7-3)44(49)51-39-37-47(43(48)33-28-36-46-34-26-21-27-35-46)38-40-52-45(50)42(30-23-16-12-8-4)32-25-20-18-14-10-6-2/h41-42H,5-40H2,1-4H3. The van der Waals surface area contributed by atoms with Crippen molar-refractivity contribution >= 4 is 17.8 Å². The highest BCUT2D eigenvalue weighted by atomic mass is 16.5. The molecular weight excluding hydrogens is 649 g/mol. The fraction of sp³-hybridized carbons (Fsp3) is 0.933. The summed E-state index contributed by atoms with van der Waals surface area (Å²) in [6.07, 6.45) is 32.5. The fourth-order valence-electron chi connectivity index (χ4n) is 7.64. The number of rotatable bonds is 36. The highest BCUT2D eigenvalue weighted by molar-refractivity contribution is 5.76. The summed E-state index contributed by atoms with van der Waals surface area (Å²) >= 11 is 0. The van der Waals surface area contributed by atoms with Gasteiger partial charge in [-0.3, -0.25) is 14.4 Å². The van der Waals surface area contributed by atoms with Gasteiger partial charge in [-0.25, -0.2) is 0 Å². The van der Waals surface area contributed by atoms with E-state index in [0.29, 0.717) is 19.5 Å². The number of amides is 1. The van der Waals surface area contributed by atoms with E-state index in [2.05, 4.69) is 32.6 Å². The van der Waals surface area contributed by atoms with Crippen LogP contribution in [0.3, 0.4) is 0 Å². The van der Waals surface area contributed by atoms with Gasteiger partial charge in [0, 0.05) is 6.42 Å². The van der Waals surface area contributed by atoms with Gasteiger partial charge in [-0.15, -0.1) is 0 Å². The lowest BCUT2D eigenvalue weighted by Crippen LogP contribution is -2.38. The van der Waals surface area contributed by atoms with Crippen LogP contribution in [-0.4, -0.2) is 73.6 Å². The summed E-state index contributed by atoms with van der Waals surface area (Å²) in [5.41, 5.74) is 0. The first kappa shape index (κ1) is 48.4. The van der Waals surface area contributed by atoms with Gasteiger partial charge in [-0.2, -0.15) is 0 Å². The zero-order chi connectivity index (χ0) is 37.9. The molecule has 306 valence electrons. The summed E-state index contributed by atoms with van der Waals surface area (Å²) in [6.45, 7) is 13.2. The van der Waals surface area contributed by atoms with Crippen LogP contribution < -0.4 is 0 Å². The number of hydrogen-bond acceptors (Lipinski definition) is 6. The van der Waals surface area contributed by atoms with Crippen LogP contribution >= 0.6 is 0 Å².